The van der Waals surface area contributed by atoms with Crippen molar-refractivity contribution in [3.05, 3.63) is 23.5 Å². The second-order valence-corrected chi connectivity index (χ2v) is 2.31. The Morgan fingerprint density at radius 3 is 2.92 bits per heavy atom. The van der Waals surface area contributed by atoms with Crippen molar-refractivity contribution in [1.29, 1.82) is 0 Å². The third-order valence-electron chi connectivity index (χ3n) is 1.48. The van der Waals surface area contributed by atoms with Crippen molar-refractivity contribution in [3.8, 4) is 0 Å². The monoisotopic (exact) mass is 175 g/mol. The van der Waals surface area contributed by atoms with Gasteiger partial charge in [0.1, 0.15) is 13.5 Å². The number of hydrogen-bond donors (Lipinski definition) is 0. The van der Waals surface area contributed by atoms with E-state index in [-0.39, 0.29) is 16.7 Å². The van der Waals surface area contributed by atoms with Crippen LogP contribution in [0.5, 0.6) is 0 Å². The van der Waals surface area contributed by atoms with Crippen LogP contribution in [0, 0.1) is 0 Å². The standard InChI is InChI=1S/C8H6BNO3/c1-13-8(12)6-2-5(4-11)10-3-7(6)9/h2-4H,1H3. The zero-order valence-corrected chi connectivity index (χ0v) is 6.98. The Labute approximate surface area is 76.3 Å². The van der Waals surface area contributed by atoms with Gasteiger partial charge in [0.15, 0.2) is 6.29 Å². The molecule has 0 spiro atoms. The molecule has 0 N–H and O–H groups in total. The molecule has 1 heterocycles. The number of rotatable bonds is 2. The van der Waals surface area contributed by atoms with Crippen LogP contribution in [0.3, 0.4) is 0 Å². The van der Waals surface area contributed by atoms with Gasteiger partial charge in [0, 0.05) is 6.20 Å². The summed E-state index contributed by atoms with van der Waals surface area (Å²) in [6.07, 6.45) is 1.78. The van der Waals surface area contributed by atoms with Gasteiger partial charge in [-0.15, -0.1) is 0 Å². The molecule has 0 saturated heterocycles. The second kappa shape index (κ2) is 3.84. The van der Waals surface area contributed by atoms with Crippen molar-refractivity contribution in [2.75, 3.05) is 7.11 Å². The van der Waals surface area contributed by atoms with Crippen LogP contribution in [0.4, 0.5) is 0 Å². The number of esters is 1. The molecule has 4 nitrogen and oxygen atoms in total. The van der Waals surface area contributed by atoms with Gasteiger partial charge in [0.25, 0.3) is 0 Å². The van der Waals surface area contributed by atoms with Gasteiger partial charge in [0.2, 0.25) is 0 Å². The summed E-state index contributed by atoms with van der Waals surface area (Å²) in [6.45, 7) is 0. The van der Waals surface area contributed by atoms with Crippen molar-refractivity contribution >= 4 is 25.6 Å². The Morgan fingerprint density at radius 1 is 1.69 bits per heavy atom. The molecule has 0 saturated carbocycles. The maximum atomic E-state index is 11.1. The first-order valence-corrected chi connectivity index (χ1v) is 3.48. The van der Waals surface area contributed by atoms with Gasteiger partial charge in [-0.25, -0.2) is 4.79 Å². The third kappa shape index (κ3) is 1.93. The summed E-state index contributed by atoms with van der Waals surface area (Å²) in [5.41, 5.74) is 0.492. The van der Waals surface area contributed by atoms with Crippen molar-refractivity contribution in [3.63, 3.8) is 0 Å². The van der Waals surface area contributed by atoms with Gasteiger partial charge in [-0.2, -0.15) is 0 Å². The Balaban J connectivity index is 3.18. The van der Waals surface area contributed by atoms with Crippen LogP contribution in [-0.2, 0) is 4.74 Å². The van der Waals surface area contributed by atoms with Crippen LogP contribution in [0.25, 0.3) is 0 Å². The highest BCUT2D eigenvalue weighted by atomic mass is 16.5. The SMILES string of the molecule is [B]c1cnc(C=O)cc1C(=O)OC. The molecule has 0 amide bonds. The highest BCUT2D eigenvalue weighted by Crippen LogP contribution is 1.98. The van der Waals surface area contributed by atoms with Crippen LogP contribution < -0.4 is 5.46 Å². The third-order valence-corrected chi connectivity index (χ3v) is 1.48. The maximum Gasteiger partial charge on any atom is 0.337 e. The minimum atomic E-state index is -0.581. The van der Waals surface area contributed by atoms with Gasteiger partial charge < -0.3 is 4.74 Å². The van der Waals surface area contributed by atoms with Crippen LogP contribution in [0.1, 0.15) is 20.8 Å². The molecule has 2 radical (unpaired) electrons. The molecule has 0 aliphatic carbocycles. The minimum Gasteiger partial charge on any atom is -0.465 e. The molecule has 0 unspecified atom stereocenters. The zero-order chi connectivity index (χ0) is 9.84. The van der Waals surface area contributed by atoms with Gasteiger partial charge >= 0.3 is 5.97 Å². The molecular weight excluding hydrogens is 169 g/mol. The number of aromatic nitrogens is 1. The Kier molecular flexibility index (Phi) is 2.79. The number of methoxy groups -OCH3 is 1. The van der Waals surface area contributed by atoms with Gasteiger partial charge in [0.05, 0.1) is 12.7 Å². The van der Waals surface area contributed by atoms with E-state index in [9.17, 15) is 9.59 Å². The molecule has 64 valence electrons. The largest absolute Gasteiger partial charge is 0.465 e. The second-order valence-electron chi connectivity index (χ2n) is 2.31. The van der Waals surface area contributed by atoms with Gasteiger partial charge in [-0.3, -0.25) is 9.78 Å². The smallest absolute Gasteiger partial charge is 0.337 e. The number of hydrogen-bond acceptors (Lipinski definition) is 4. The average Bonchev–Trinajstić information content (AvgIpc) is 2.17. The predicted octanol–water partition coefficient (Wildman–Crippen LogP) is -0.526. The fraction of sp³-hybridized carbons (Fsp3) is 0.125. The molecule has 13 heavy (non-hydrogen) atoms. The number of pyridine rings is 1. The molecule has 0 aliphatic heterocycles. The van der Waals surface area contributed by atoms with E-state index < -0.39 is 5.97 Å². The van der Waals surface area contributed by atoms with Crippen LogP contribution in [0.15, 0.2) is 12.3 Å². The summed E-state index contributed by atoms with van der Waals surface area (Å²) in [5, 5.41) is 0. The number of aldehydes is 1. The lowest BCUT2D eigenvalue weighted by Crippen LogP contribution is -2.18. The molecule has 1 rings (SSSR count). The number of nitrogens with zero attached hydrogens (tertiary/aromatic N) is 1. The average molecular weight is 175 g/mol. The first-order valence-electron chi connectivity index (χ1n) is 3.48. The van der Waals surface area contributed by atoms with Gasteiger partial charge in [-0.1, -0.05) is 5.46 Å². The lowest BCUT2D eigenvalue weighted by atomic mass is 9.92. The molecule has 0 bridgehead atoms. The summed E-state index contributed by atoms with van der Waals surface area (Å²) >= 11 is 0. The van der Waals surface area contributed by atoms with E-state index in [1.54, 1.807) is 0 Å². The normalized spacial score (nSPS) is 9.31. The highest BCUT2D eigenvalue weighted by molar-refractivity contribution is 6.36. The van der Waals surface area contributed by atoms with E-state index in [1.807, 2.05) is 0 Å². The lowest BCUT2D eigenvalue weighted by Gasteiger charge is -2.02. The molecule has 0 fully saturated rings. The van der Waals surface area contributed by atoms with Crippen LogP contribution in [0.2, 0.25) is 0 Å². The molecule has 0 aromatic carbocycles. The summed E-state index contributed by atoms with van der Waals surface area (Å²) in [7, 11) is 6.68. The fourth-order valence-electron chi connectivity index (χ4n) is 0.833. The molecule has 1 aromatic heterocycles. The van der Waals surface area contributed by atoms with E-state index in [0.29, 0.717) is 6.29 Å². The van der Waals surface area contributed by atoms with Gasteiger partial charge in [-0.05, 0) is 6.07 Å². The molecule has 1 aromatic rings. The molecule has 0 aliphatic rings. The van der Waals surface area contributed by atoms with Crippen molar-refractivity contribution in [1.82, 2.24) is 4.98 Å². The Morgan fingerprint density at radius 2 is 2.38 bits per heavy atom. The minimum absolute atomic E-state index is 0.148. The van der Waals surface area contributed by atoms with E-state index in [2.05, 4.69) is 9.72 Å². The summed E-state index contributed by atoms with van der Waals surface area (Å²) in [4.78, 5) is 25.1. The molecule has 5 heteroatoms. The zero-order valence-electron chi connectivity index (χ0n) is 6.98. The maximum absolute atomic E-state index is 11.1. The Bertz CT molecular complexity index is 351. The predicted molar refractivity (Wildman–Crippen MR) is 46.4 cm³/mol. The van der Waals surface area contributed by atoms with Crippen molar-refractivity contribution < 1.29 is 14.3 Å². The number of carbonyl (C=O) groups excluding carboxylic acids is 2. The molecule has 0 atom stereocenters. The quantitative estimate of drug-likeness (QED) is 0.344. The lowest BCUT2D eigenvalue weighted by molar-refractivity contribution is 0.0602. The number of carbonyl (C=O) groups is 2. The first-order chi connectivity index (χ1) is 6.19. The van der Waals surface area contributed by atoms with E-state index in [1.165, 1.54) is 19.4 Å². The van der Waals surface area contributed by atoms with Crippen molar-refractivity contribution in [2.24, 2.45) is 0 Å². The summed E-state index contributed by atoms with van der Waals surface area (Å²) in [6, 6.07) is 1.29. The molecular formula is C8H6BNO3. The topological polar surface area (TPSA) is 56.3 Å². The fourth-order valence-corrected chi connectivity index (χ4v) is 0.833. The Hall–Kier alpha value is -1.65. The first kappa shape index (κ1) is 9.44. The van der Waals surface area contributed by atoms with E-state index in [4.69, 9.17) is 7.85 Å². The van der Waals surface area contributed by atoms with E-state index >= 15 is 0 Å². The summed E-state index contributed by atoms with van der Waals surface area (Å²) < 4.78 is 4.45. The van der Waals surface area contributed by atoms with E-state index in [0.717, 1.165) is 0 Å². The van der Waals surface area contributed by atoms with Crippen molar-refractivity contribution in [2.45, 2.75) is 0 Å². The number of ether oxygens (including phenoxy) is 1. The summed E-state index contributed by atoms with van der Waals surface area (Å²) in [5.74, 6) is -0.581. The van der Waals surface area contributed by atoms with Crippen LogP contribution >= 0.6 is 0 Å². The van der Waals surface area contributed by atoms with Crippen LogP contribution in [-0.4, -0.2) is 32.2 Å². The highest BCUT2D eigenvalue weighted by Gasteiger charge is 2.09.